The molecule has 0 saturated heterocycles. The fraction of sp³-hybridized carbons (Fsp3) is 0.143. The number of hydrogen-bond acceptors (Lipinski definition) is 1. The molecule has 0 saturated carbocycles. The van der Waals surface area contributed by atoms with Crippen molar-refractivity contribution in [3.63, 3.8) is 0 Å². The Bertz CT molecular complexity index is 354. The molecule has 1 aromatic rings. The van der Waals surface area contributed by atoms with E-state index in [9.17, 15) is 21.7 Å². The lowest BCUT2D eigenvalue weighted by molar-refractivity contribution is -0.0498. The molecule has 0 N–H and O–H groups in total. The summed E-state index contributed by atoms with van der Waals surface area (Å²) in [6.07, 6.45) is 0. The highest BCUT2D eigenvalue weighted by Gasteiger charge is 2.26. The SMILES string of the molecule is FC(F)Oc1cc(Br)cc([B-](F)(F)F)c1. The monoisotopic (exact) mass is 289 g/mol. The van der Waals surface area contributed by atoms with Gasteiger partial charge in [-0.15, -0.1) is 5.46 Å². The van der Waals surface area contributed by atoms with Gasteiger partial charge in [-0.3, -0.25) is 0 Å². The molecule has 0 aliphatic rings. The number of halogens is 6. The van der Waals surface area contributed by atoms with Gasteiger partial charge in [0.05, 0.1) is 0 Å². The summed E-state index contributed by atoms with van der Waals surface area (Å²) >= 11 is 2.78. The third kappa shape index (κ3) is 3.69. The van der Waals surface area contributed by atoms with Crippen LogP contribution in [0.3, 0.4) is 0 Å². The number of ether oxygens (including phenoxy) is 1. The van der Waals surface area contributed by atoms with Gasteiger partial charge in [0, 0.05) is 4.47 Å². The number of benzene rings is 1. The van der Waals surface area contributed by atoms with Crippen LogP contribution in [-0.2, 0) is 0 Å². The van der Waals surface area contributed by atoms with Crippen LogP contribution in [0.2, 0.25) is 0 Å². The number of alkyl halides is 2. The van der Waals surface area contributed by atoms with E-state index in [-0.39, 0.29) is 4.47 Å². The highest BCUT2D eigenvalue weighted by Crippen LogP contribution is 2.22. The zero-order chi connectivity index (χ0) is 11.6. The Morgan fingerprint density at radius 3 is 2.20 bits per heavy atom. The van der Waals surface area contributed by atoms with Gasteiger partial charge in [-0.25, -0.2) is 0 Å². The lowest BCUT2D eigenvalue weighted by Crippen LogP contribution is -2.34. The summed E-state index contributed by atoms with van der Waals surface area (Å²) in [5, 5.41) is 0. The molecule has 0 spiro atoms. The normalized spacial score (nSPS) is 11.9. The minimum absolute atomic E-state index is 0.0369. The fourth-order valence-electron chi connectivity index (χ4n) is 0.944. The lowest BCUT2D eigenvalue weighted by Gasteiger charge is -2.16. The van der Waals surface area contributed by atoms with Gasteiger partial charge in [0.15, 0.2) is 0 Å². The first-order chi connectivity index (χ1) is 6.79. The summed E-state index contributed by atoms with van der Waals surface area (Å²) in [5.41, 5.74) is -0.986. The van der Waals surface area contributed by atoms with Crippen LogP contribution in [-0.4, -0.2) is 13.6 Å². The predicted octanol–water partition coefficient (Wildman–Crippen LogP) is 3.10. The molecule has 15 heavy (non-hydrogen) atoms. The van der Waals surface area contributed by atoms with Gasteiger partial charge >= 0.3 is 13.6 Å². The van der Waals surface area contributed by atoms with Crippen LogP contribution >= 0.6 is 15.9 Å². The zero-order valence-corrected chi connectivity index (χ0v) is 8.65. The average molecular weight is 290 g/mol. The second-order valence-corrected chi connectivity index (χ2v) is 3.59. The van der Waals surface area contributed by atoms with Crippen molar-refractivity contribution >= 4 is 28.4 Å². The molecule has 0 aliphatic heterocycles. The molecule has 84 valence electrons. The van der Waals surface area contributed by atoms with Crippen LogP contribution in [0.5, 0.6) is 5.75 Å². The van der Waals surface area contributed by atoms with E-state index in [0.717, 1.165) is 12.1 Å². The Hall–Kier alpha value is -0.785. The molecule has 8 heteroatoms. The standard InChI is InChI=1S/C7H4BBrF5O/c9-5-1-4(8(12,13)14)2-6(3-5)15-7(10)11/h1-3,7H/q-1. The summed E-state index contributed by atoms with van der Waals surface area (Å²) < 4.78 is 64.3. The van der Waals surface area contributed by atoms with Gasteiger partial charge < -0.3 is 17.7 Å². The van der Waals surface area contributed by atoms with Crippen LogP contribution in [0, 0.1) is 0 Å². The quantitative estimate of drug-likeness (QED) is 0.614. The first-order valence-electron chi connectivity index (χ1n) is 3.74. The van der Waals surface area contributed by atoms with Crippen molar-refractivity contribution in [2.24, 2.45) is 0 Å². The molecule has 1 aromatic carbocycles. The van der Waals surface area contributed by atoms with E-state index in [2.05, 4.69) is 20.7 Å². The van der Waals surface area contributed by atoms with Crippen molar-refractivity contribution in [2.75, 3.05) is 0 Å². The van der Waals surface area contributed by atoms with Crippen LogP contribution in [0.1, 0.15) is 0 Å². The van der Waals surface area contributed by atoms with Gasteiger partial charge in [0.1, 0.15) is 5.75 Å². The minimum atomic E-state index is -5.23. The summed E-state index contributed by atoms with van der Waals surface area (Å²) in [4.78, 5) is 0. The van der Waals surface area contributed by atoms with Crippen molar-refractivity contribution in [2.45, 2.75) is 6.61 Å². The Labute approximate surface area is 90.4 Å². The van der Waals surface area contributed by atoms with E-state index in [1.54, 1.807) is 0 Å². The van der Waals surface area contributed by atoms with Gasteiger partial charge in [-0.2, -0.15) is 8.78 Å². The first kappa shape index (κ1) is 12.3. The highest BCUT2D eigenvalue weighted by molar-refractivity contribution is 9.10. The van der Waals surface area contributed by atoms with Gasteiger partial charge in [-0.05, 0) is 12.1 Å². The molecule has 0 heterocycles. The summed E-state index contributed by atoms with van der Waals surface area (Å²) in [7, 11) is 0. The summed E-state index contributed by atoms with van der Waals surface area (Å²) in [6, 6.07) is 2.38. The lowest BCUT2D eigenvalue weighted by atomic mass is 9.80. The molecule has 1 rings (SSSR count). The highest BCUT2D eigenvalue weighted by atomic mass is 79.9. The molecule has 0 aliphatic carbocycles. The maximum Gasteiger partial charge on any atom is 0.509 e. The zero-order valence-electron chi connectivity index (χ0n) is 7.06. The van der Waals surface area contributed by atoms with Crippen molar-refractivity contribution in [3.8, 4) is 5.75 Å². The second-order valence-electron chi connectivity index (χ2n) is 2.67. The topological polar surface area (TPSA) is 9.23 Å². The van der Waals surface area contributed by atoms with E-state index in [1.165, 1.54) is 0 Å². The molecule has 0 fully saturated rings. The Kier molecular flexibility index (Phi) is 3.59. The molecule has 0 amide bonds. The van der Waals surface area contributed by atoms with E-state index in [1.807, 2.05) is 0 Å². The van der Waals surface area contributed by atoms with Crippen molar-refractivity contribution in [3.05, 3.63) is 22.7 Å². The fourth-order valence-corrected chi connectivity index (χ4v) is 1.43. The third-order valence-corrected chi connectivity index (χ3v) is 1.95. The molecule has 0 radical (unpaired) electrons. The number of rotatable bonds is 3. The average Bonchev–Trinajstić information content (AvgIpc) is 1.99. The molecule has 0 unspecified atom stereocenters. The molecule has 1 nitrogen and oxygen atoms in total. The van der Waals surface area contributed by atoms with Crippen molar-refractivity contribution in [1.29, 1.82) is 0 Å². The third-order valence-electron chi connectivity index (χ3n) is 1.50. The van der Waals surface area contributed by atoms with Crippen LogP contribution in [0.15, 0.2) is 22.7 Å². The van der Waals surface area contributed by atoms with Gasteiger partial charge in [0.2, 0.25) is 0 Å². The number of hydrogen-bond donors (Lipinski definition) is 0. The summed E-state index contributed by atoms with van der Waals surface area (Å²) in [6.45, 7) is -8.37. The van der Waals surface area contributed by atoms with Gasteiger partial charge in [0.25, 0.3) is 0 Å². The van der Waals surface area contributed by atoms with E-state index in [0.29, 0.717) is 6.07 Å². The van der Waals surface area contributed by atoms with Crippen molar-refractivity contribution < 1.29 is 26.5 Å². The minimum Gasteiger partial charge on any atom is -0.445 e. The second kappa shape index (κ2) is 4.38. The Morgan fingerprint density at radius 2 is 1.73 bits per heavy atom. The van der Waals surface area contributed by atoms with Crippen molar-refractivity contribution in [1.82, 2.24) is 0 Å². The van der Waals surface area contributed by atoms with E-state index >= 15 is 0 Å². The van der Waals surface area contributed by atoms with Crippen LogP contribution < -0.4 is 10.2 Å². The van der Waals surface area contributed by atoms with E-state index in [4.69, 9.17) is 0 Å². The smallest absolute Gasteiger partial charge is 0.445 e. The predicted molar refractivity (Wildman–Crippen MR) is 49.5 cm³/mol. The molecule has 0 bridgehead atoms. The molecule has 0 aromatic heterocycles. The molecule has 0 atom stereocenters. The Balaban J connectivity index is 3.06. The largest absolute Gasteiger partial charge is 0.509 e. The maximum absolute atomic E-state index is 12.3. The van der Waals surface area contributed by atoms with Crippen LogP contribution in [0.4, 0.5) is 21.7 Å². The molecular weight excluding hydrogens is 286 g/mol. The van der Waals surface area contributed by atoms with E-state index < -0.39 is 24.8 Å². The Morgan fingerprint density at radius 1 is 1.13 bits per heavy atom. The van der Waals surface area contributed by atoms with Crippen LogP contribution in [0.25, 0.3) is 0 Å². The van der Waals surface area contributed by atoms with Gasteiger partial charge in [-0.1, -0.05) is 22.0 Å². The first-order valence-corrected chi connectivity index (χ1v) is 4.53. The maximum atomic E-state index is 12.3. The summed E-state index contributed by atoms with van der Waals surface area (Å²) in [5.74, 6) is -0.520. The molecular formula is C7H4BBrF5O-.